The summed E-state index contributed by atoms with van der Waals surface area (Å²) in [5, 5.41) is 6.48. The molecule has 0 aliphatic heterocycles. The molecule has 1 heterocycles. The second-order valence-electron chi connectivity index (χ2n) is 4.77. The quantitative estimate of drug-likeness (QED) is 0.313. The van der Waals surface area contributed by atoms with Crippen molar-refractivity contribution in [2.24, 2.45) is 5.10 Å². The highest BCUT2D eigenvalue weighted by Gasteiger charge is 2.01. The number of ether oxygens (including phenoxy) is 2. The lowest BCUT2D eigenvalue weighted by Gasteiger charge is -2.06. The number of nitrogens with one attached hydrogen (secondary N) is 1. The Hall–Kier alpha value is -2.61. The van der Waals surface area contributed by atoms with Crippen LogP contribution in [0.1, 0.15) is 25.3 Å². The minimum Gasteiger partial charge on any atom is -0.494 e. The summed E-state index contributed by atoms with van der Waals surface area (Å²) < 4.78 is 10.4. The van der Waals surface area contributed by atoms with Crippen molar-refractivity contribution in [2.45, 2.75) is 19.8 Å². The number of hydrazone groups is 1. The van der Waals surface area contributed by atoms with Crippen molar-refractivity contribution in [1.82, 2.24) is 4.98 Å². The van der Waals surface area contributed by atoms with Crippen molar-refractivity contribution >= 4 is 34.5 Å². The van der Waals surface area contributed by atoms with Crippen molar-refractivity contribution in [1.29, 1.82) is 0 Å². The molecule has 8 heteroatoms. The summed E-state index contributed by atoms with van der Waals surface area (Å²) in [5.41, 5.74) is 9.26. The first kappa shape index (κ1) is 17.7. The molecule has 0 saturated carbocycles. The van der Waals surface area contributed by atoms with Gasteiger partial charge in [0.2, 0.25) is 5.13 Å². The van der Waals surface area contributed by atoms with Crippen LogP contribution in [0, 0.1) is 0 Å². The van der Waals surface area contributed by atoms with Gasteiger partial charge in [0.15, 0.2) is 0 Å². The molecule has 1 aromatic carbocycles. The zero-order valence-corrected chi connectivity index (χ0v) is 14.2. The Morgan fingerprint density at radius 2 is 2.21 bits per heavy atom. The van der Waals surface area contributed by atoms with Gasteiger partial charge >= 0.3 is 5.97 Å². The summed E-state index contributed by atoms with van der Waals surface area (Å²) in [6, 6.07) is 7.49. The molecule has 0 saturated heterocycles. The van der Waals surface area contributed by atoms with Gasteiger partial charge in [0.05, 0.1) is 19.4 Å². The molecule has 0 amide bonds. The molecule has 0 bridgehead atoms. The fraction of sp³-hybridized carbons (Fsp3) is 0.312. The van der Waals surface area contributed by atoms with Gasteiger partial charge in [0, 0.05) is 11.8 Å². The van der Waals surface area contributed by atoms with Crippen LogP contribution >= 0.6 is 11.3 Å². The van der Waals surface area contributed by atoms with E-state index < -0.39 is 0 Å². The van der Waals surface area contributed by atoms with Crippen LogP contribution in [0.15, 0.2) is 34.7 Å². The number of nitrogen functional groups attached to an aromatic ring is 1. The van der Waals surface area contributed by atoms with Gasteiger partial charge in [0.1, 0.15) is 11.6 Å². The monoisotopic (exact) mass is 348 g/mol. The van der Waals surface area contributed by atoms with E-state index >= 15 is 0 Å². The molecule has 0 radical (unpaired) electrons. The number of hydrogen-bond donors (Lipinski definition) is 2. The van der Waals surface area contributed by atoms with Crippen molar-refractivity contribution in [2.75, 3.05) is 24.4 Å². The minimum atomic E-state index is -0.192. The zero-order chi connectivity index (χ0) is 17.2. The van der Waals surface area contributed by atoms with Crippen molar-refractivity contribution in [3.05, 3.63) is 35.2 Å². The van der Waals surface area contributed by atoms with Gasteiger partial charge in [-0.05, 0) is 43.2 Å². The molecular formula is C16H20N4O3S. The van der Waals surface area contributed by atoms with Crippen LogP contribution in [0.2, 0.25) is 0 Å². The number of carbonyl (C=O) groups excluding carboxylic acids is 1. The fourth-order valence-corrected chi connectivity index (χ4v) is 2.34. The molecular weight excluding hydrogens is 328 g/mol. The Kier molecular flexibility index (Phi) is 7.03. The Labute approximate surface area is 144 Å². The first-order chi connectivity index (χ1) is 11.7. The molecule has 2 rings (SSSR count). The maximum absolute atomic E-state index is 11.2. The third kappa shape index (κ3) is 6.25. The predicted octanol–water partition coefficient (Wildman–Crippen LogP) is 2.89. The summed E-state index contributed by atoms with van der Waals surface area (Å²) in [5.74, 6) is 1.03. The SMILES string of the molecule is CCOC(=O)CCCOc1ccc(C=NNc2nc(N)cs2)cc1. The van der Waals surface area contributed by atoms with Gasteiger partial charge in [0.25, 0.3) is 0 Å². The van der Waals surface area contributed by atoms with Crippen LogP contribution in [-0.4, -0.2) is 30.4 Å². The molecule has 0 aliphatic rings. The average molecular weight is 348 g/mol. The van der Waals surface area contributed by atoms with Gasteiger partial charge in [-0.15, -0.1) is 11.3 Å². The molecule has 0 spiro atoms. The second kappa shape index (κ2) is 9.51. The molecule has 0 aliphatic carbocycles. The maximum atomic E-state index is 11.2. The normalized spacial score (nSPS) is 10.7. The first-order valence-corrected chi connectivity index (χ1v) is 8.44. The fourth-order valence-electron chi connectivity index (χ4n) is 1.79. The van der Waals surface area contributed by atoms with Gasteiger partial charge < -0.3 is 15.2 Å². The Morgan fingerprint density at radius 1 is 1.42 bits per heavy atom. The van der Waals surface area contributed by atoms with Crippen LogP contribution < -0.4 is 15.9 Å². The number of esters is 1. The second-order valence-corrected chi connectivity index (χ2v) is 5.63. The summed E-state index contributed by atoms with van der Waals surface area (Å²) in [6.45, 7) is 2.67. The molecule has 7 nitrogen and oxygen atoms in total. The Morgan fingerprint density at radius 3 is 2.88 bits per heavy atom. The number of nitrogens with zero attached hydrogens (tertiary/aromatic N) is 2. The third-order valence-corrected chi connectivity index (χ3v) is 3.64. The molecule has 0 fully saturated rings. The van der Waals surface area contributed by atoms with E-state index in [2.05, 4.69) is 15.5 Å². The Bertz CT molecular complexity index is 670. The van der Waals surface area contributed by atoms with Gasteiger partial charge in [-0.1, -0.05) is 0 Å². The number of hydrogen-bond acceptors (Lipinski definition) is 8. The summed E-state index contributed by atoms with van der Waals surface area (Å²) in [4.78, 5) is 15.2. The van der Waals surface area contributed by atoms with Gasteiger partial charge in [-0.2, -0.15) is 5.10 Å². The van der Waals surface area contributed by atoms with Crippen molar-refractivity contribution in [3.63, 3.8) is 0 Å². The first-order valence-electron chi connectivity index (χ1n) is 7.56. The van der Waals surface area contributed by atoms with Crippen LogP contribution in [0.5, 0.6) is 5.75 Å². The molecule has 0 atom stereocenters. The predicted molar refractivity (Wildman–Crippen MR) is 95.5 cm³/mol. The van der Waals surface area contributed by atoms with Gasteiger partial charge in [-0.25, -0.2) is 4.98 Å². The lowest BCUT2D eigenvalue weighted by Crippen LogP contribution is -2.06. The van der Waals surface area contributed by atoms with E-state index in [0.29, 0.717) is 37.0 Å². The topological polar surface area (TPSA) is 98.8 Å². The standard InChI is InChI=1S/C16H20N4O3S/c1-2-22-15(21)4-3-9-23-13-7-5-12(6-8-13)10-18-20-16-19-14(17)11-24-16/h5-8,10-11H,2-4,9,17H2,1H3,(H,19,20). The van der Waals surface area contributed by atoms with E-state index in [-0.39, 0.29) is 5.97 Å². The number of nitrogens with two attached hydrogens (primary N) is 1. The lowest BCUT2D eigenvalue weighted by atomic mass is 10.2. The molecule has 0 unspecified atom stereocenters. The lowest BCUT2D eigenvalue weighted by molar-refractivity contribution is -0.143. The molecule has 128 valence electrons. The zero-order valence-electron chi connectivity index (χ0n) is 13.4. The number of anilines is 2. The highest BCUT2D eigenvalue weighted by molar-refractivity contribution is 7.14. The van der Waals surface area contributed by atoms with Crippen LogP contribution in [0.4, 0.5) is 10.9 Å². The smallest absolute Gasteiger partial charge is 0.305 e. The van der Waals surface area contributed by atoms with E-state index in [9.17, 15) is 4.79 Å². The third-order valence-electron chi connectivity index (χ3n) is 2.88. The summed E-state index contributed by atoms with van der Waals surface area (Å²) in [6.07, 6.45) is 2.68. The van der Waals surface area contributed by atoms with Crippen molar-refractivity contribution < 1.29 is 14.3 Å². The van der Waals surface area contributed by atoms with Crippen molar-refractivity contribution in [3.8, 4) is 5.75 Å². The minimum absolute atomic E-state index is 0.192. The summed E-state index contributed by atoms with van der Waals surface area (Å²) >= 11 is 1.39. The van der Waals surface area contributed by atoms with E-state index in [1.807, 2.05) is 24.3 Å². The number of benzene rings is 1. The maximum Gasteiger partial charge on any atom is 0.305 e. The Balaban J connectivity index is 1.71. The van der Waals surface area contributed by atoms with Gasteiger partial charge in [-0.3, -0.25) is 10.2 Å². The van der Waals surface area contributed by atoms with Crippen LogP contribution in [-0.2, 0) is 9.53 Å². The van der Waals surface area contributed by atoms with Crippen LogP contribution in [0.3, 0.4) is 0 Å². The number of rotatable bonds is 9. The van der Waals surface area contributed by atoms with E-state index in [0.717, 1.165) is 11.3 Å². The van der Waals surface area contributed by atoms with E-state index in [1.54, 1.807) is 18.5 Å². The van der Waals surface area contributed by atoms with E-state index in [4.69, 9.17) is 15.2 Å². The largest absolute Gasteiger partial charge is 0.494 e. The highest BCUT2D eigenvalue weighted by atomic mass is 32.1. The molecule has 3 N–H and O–H groups in total. The average Bonchev–Trinajstić information content (AvgIpc) is 2.99. The van der Waals surface area contributed by atoms with E-state index in [1.165, 1.54) is 11.3 Å². The number of thiazole rings is 1. The molecule has 1 aromatic heterocycles. The molecule has 24 heavy (non-hydrogen) atoms. The number of carbonyl (C=O) groups is 1. The highest BCUT2D eigenvalue weighted by Crippen LogP contribution is 2.16. The number of aromatic nitrogens is 1. The molecule has 2 aromatic rings. The van der Waals surface area contributed by atoms with Crippen LogP contribution in [0.25, 0.3) is 0 Å². The summed E-state index contributed by atoms with van der Waals surface area (Å²) in [7, 11) is 0.